The summed E-state index contributed by atoms with van der Waals surface area (Å²) in [6, 6.07) is 2.95. The van der Waals surface area contributed by atoms with Crippen molar-refractivity contribution in [1.82, 2.24) is 0 Å². The van der Waals surface area contributed by atoms with Crippen LogP contribution in [0.15, 0.2) is 18.2 Å². The first-order valence-corrected chi connectivity index (χ1v) is 4.56. The van der Waals surface area contributed by atoms with Crippen LogP contribution in [0.5, 0.6) is 0 Å². The third-order valence-electron chi connectivity index (χ3n) is 2.21. The van der Waals surface area contributed by atoms with Crippen molar-refractivity contribution < 1.29 is 22.7 Å². The summed E-state index contributed by atoms with van der Waals surface area (Å²) in [4.78, 5) is 11.3. The zero-order chi connectivity index (χ0) is 11.9. The van der Waals surface area contributed by atoms with Crippen molar-refractivity contribution in [1.29, 1.82) is 0 Å². The molecule has 0 aliphatic carbocycles. The van der Waals surface area contributed by atoms with Gasteiger partial charge in [-0.2, -0.15) is 13.2 Å². The Morgan fingerprint density at radius 2 is 2.06 bits per heavy atom. The van der Waals surface area contributed by atoms with E-state index in [4.69, 9.17) is 4.74 Å². The smallest absolute Gasteiger partial charge is 0.416 e. The van der Waals surface area contributed by atoms with Crippen molar-refractivity contribution >= 4 is 11.7 Å². The number of fused-ring (bicyclic) bond motifs is 1. The van der Waals surface area contributed by atoms with Gasteiger partial charge in [-0.1, -0.05) is 0 Å². The zero-order valence-corrected chi connectivity index (χ0v) is 8.26. The third-order valence-corrected chi connectivity index (χ3v) is 2.21. The minimum Gasteiger partial charge on any atom is -0.438 e. The molecule has 6 heteroatoms. The van der Waals surface area contributed by atoms with Crippen molar-refractivity contribution in [3.05, 3.63) is 29.3 Å². The Bertz CT molecular complexity index is 442. The predicted octanol–water partition coefficient (Wildman–Crippen LogP) is 2.63. The summed E-state index contributed by atoms with van der Waals surface area (Å²) in [6.07, 6.45) is -4.99. The lowest BCUT2D eigenvalue weighted by atomic mass is 10.1. The Kier molecular flexibility index (Phi) is 2.29. The molecule has 1 heterocycles. The van der Waals surface area contributed by atoms with Crippen LogP contribution in [-0.4, -0.2) is 12.2 Å². The summed E-state index contributed by atoms with van der Waals surface area (Å²) in [5.41, 5.74) is -0.593. The van der Waals surface area contributed by atoms with Gasteiger partial charge in [0.2, 0.25) is 0 Å². The lowest BCUT2D eigenvalue weighted by Gasteiger charge is -2.24. The molecule has 1 aromatic rings. The second-order valence-corrected chi connectivity index (χ2v) is 3.45. The van der Waals surface area contributed by atoms with E-state index in [1.807, 2.05) is 0 Å². The molecule has 0 saturated carbocycles. The summed E-state index contributed by atoms with van der Waals surface area (Å²) >= 11 is 0. The molecule has 16 heavy (non-hydrogen) atoms. The number of halogens is 3. The van der Waals surface area contributed by atoms with Crippen LogP contribution in [0.1, 0.15) is 22.8 Å². The van der Waals surface area contributed by atoms with Gasteiger partial charge >= 0.3 is 12.1 Å². The first-order chi connectivity index (χ1) is 7.38. The number of carbonyl (C=O) groups is 1. The molecule has 0 saturated heterocycles. The Hall–Kier alpha value is -1.72. The monoisotopic (exact) mass is 231 g/mol. The van der Waals surface area contributed by atoms with Gasteiger partial charge in [-0.25, -0.2) is 4.79 Å². The van der Waals surface area contributed by atoms with E-state index in [0.717, 1.165) is 12.1 Å². The molecule has 1 atom stereocenters. The topological polar surface area (TPSA) is 38.3 Å². The first kappa shape index (κ1) is 10.8. The van der Waals surface area contributed by atoms with Gasteiger partial charge in [-0.3, -0.25) is 0 Å². The number of cyclic esters (lactones) is 1. The molecule has 0 fully saturated rings. The summed E-state index contributed by atoms with van der Waals surface area (Å²) in [7, 11) is 0. The molecule has 1 N–H and O–H groups in total. The molecule has 0 radical (unpaired) electrons. The second kappa shape index (κ2) is 3.40. The maximum Gasteiger partial charge on any atom is 0.416 e. The van der Waals surface area contributed by atoms with Gasteiger partial charge in [0.25, 0.3) is 0 Å². The number of hydrogen-bond donors (Lipinski definition) is 1. The molecule has 1 unspecified atom stereocenters. The molecule has 0 aromatic heterocycles. The van der Waals surface area contributed by atoms with Gasteiger partial charge in [0.1, 0.15) is 0 Å². The van der Waals surface area contributed by atoms with Gasteiger partial charge in [-0.15, -0.1) is 0 Å². The fourth-order valence-corrected chi connectivity index (χ4v) is 1.49. The molecule has 1 aliphatic rings. The van der Waals surface area contributed by atoms with E-state index in [2.05, 4.69) is 5.32 Å². The molecule has 3 nitrogen and oxygen atoms in total. The van der Waals surface area contributed by atoms with Crippen LogP contribution in [0.25, 0.3) is 0 Å². The SMILES string of the molecule is CC1Nc2ccc(C(F)(F)F)cc2C(=O)O1. The Morgan fingerprint density at radius 1 is 1.38 bits per heavy atom. The fourth-order valence-electron chi connectivity index (χ4n) is 1.49. The van der Waals surface area contributed by atoms with Gasteiger partial charge in [0, 0.05) is 0 Å². The van der Waals surface area contributed by atoms with Crippen molar-refractivity contribution in [2.75, 3.05) is 5.32 Å². The summed E-state index contributed by atoms with van der Waals surface area (Å²) < 4.78 is 41.9. The maximum atomic E-state index is 12.4. The van der Waals surface area contributed by atoms with Gasteiger partial charge in [-0.05, 0) is 25.1 Å². The van der Waals surface area contributed by atoms with Gasteiger partial charge < -0.3 is 10.1 Å². The lowest BCUT2D eigenvalue weighted by Crippen LogP contribution is -2.29. The average molecular weight is 231 g/mol. The number of rotatable bonds is 0. The predicted molar refractivity (Wildman–Crippen MR) is 49.9 cm³/mol. The fraction of sp³-hybridized carbons (Fsp3) is 0.300. The molecule has 86 valence electrons. The number of nitrogens with one attached hydrogen (secondary N) is 1. The highest BCUT2D eigenvalue weighted by molar-refractivity contribution is 5.97. The van der Waals surface area contributed by atoms with Crippen molar-refractivity contribution in [3.8, 4) is 0 Å². The molecule has 0 amide bonds. The maximum absolute atomic E-state index is 12.4. The van der Waals surface area contributed by atoms with E-state index in [1.165, 1.54) is 6.07 Å². The number of carbonyl (C=O) groups excluding carboxylic acids is 1. The molecule has 2 rings (SSSR count). The van der Waals surface area contributed by atoms with Crippen LogP contribution in [-0.2, 0) is 10.9 Å². The van der Waals surface area contributed by atoms with E-state index in [9.17, 15) is 18.0 Å². The van der Waals surface area contributed by atoms with Crippen LogP contribution in [0.3, 0.4) is 0 Å². The number of hydrogen-bond acceptors (Lipinski definition) is 3. The largest absolute Gasteiger partial charge is 0.438 e. The highest BCUT2D eigenvalue weighted by Gasteiger charge is 2.33. The number of esters is 1. The van der Waals surface area contributed by atoms with Crippen LogP contribution in [0, 0.1) is 0 Å². The minimum atomic E-state index is -4.46. The van der Waals surface area contributed by atoms with E-state index < -0.39 is 23.9 Å². The van der Waals surface area contributed by atoms with Crippen LogP contribution >= 0.6 is 0 Å². The third kappa shape index (κ3) is 1.82. The number of anilines is 1. The van der Waals surface area contributed by atoms with E-state index in [1.54, 1.807) is 6.92 Å². The molecular formula is C10H8F3NO2. The Balaban J connectivity index is 2.47. The van der Waals surface area contributed by atoms with Gasteiger partial charge in [0.05, 0.1) is 16.8 Å². The first-order valence-electron chi connectivity index (χ1n) is 4.56. The van der Waals surface area contributed by atoms with Crippen molar-refractivity contribution in [3.63, 3.8) is 0 Å². The normalized spacial score (nSPS) is 19.8. The summed E-state index contributed by atoms with van der Waals surface area (Å²) in [5.74, 6) is -0.743. The zero-order valence-electron chi connectivity index (χ0n) is 8.26. The van der Waals surface area contributed by atoms with E-state index in [0.29, 0.717) is 5.69 Å². The average Bonchev–Trinajstić information content (AvgIpc) is 2.15. The lowest BCUT2D eigenvalue weighted by molar-refractivity contribution is -0.137. The molecule has 1 aliphatic heterocycles. The quantitative estimate of drug-likeness (QED) is 0.697. The highest BCUT2D eigenvalue weighted by Crippen LogP contribution is 2.33. The molecule has 0 spiro atoms. The Labute approximate surface area is 89.2 Å². The van der Waals surface area contributed by atoms with E-state index >= 15 is 0 Å². The number of benzene rings is 1. The van der Waals surface area contributed by atoms with E-state index in [-0.39, 0.29) is 5.56 Å². The standard InChI is InChI=1S/C10H8F3NO2/c1-5-14-8-3-2-6(10(11,12)13)4-7(8)9(15)16-5/h2-5,14H,1H3. The van der Waals surface area contributed by atoms with Gasteiger partial charge in [0.15, 0.2) is 6.23 Å². The summed E-state index contributed by atoms with van der Waals surface area (Å²) in [6.45, 7) is 1.60. The van der Waals surface area contributed by atoms with Crippen LogP contribution in [0.4, 0.5) is 18.9 Å². The molecule has 1 aromatic carbocycles. The number of alkyl halides is 3. The van der Waals surface area contributed by atoms with Crippen molar-refractivity contribution in [2.45, 2.75) is 19.3 Å². The minimum absolute atomic E-state index is 0.0899. The molecular weight excluding hydrogens is 223 g/mol. The highest BCUT2D eigenvalue weighted by atomic mass is 19.4. The van der Waals surface area contributed by atoms with Crippen LogP contribution < -0.4 is 5.32 Å². The summed E-state index contributed by atoms with van der Waals surface area (Å²) in [5, 5.41) is 2.76. The van der Waals surface area contributed by atoms with Crippen molar-refractivity contribution in [2.24, 2.45) is 0 Å². The number of ether oxygens (including phenoxy) is 1. The molecule has 0 bridgehead atoms. The van der Waals surface area contributed by atoms with Crippen LogP contribution in [0.2, 0.25) is 0 Å². The Morgan fingerprint density at radius 3 is 2.69 bits per heavy atom. The second-order valence-electron chi connectivity index (χ2n) is 3.45.